The van der Waals surface area contributed by atoms with E-state index < -0.39 is 6.10 Å². The van der Waals surface area contributed by atoms with Gasteiger partial charge in [0.25, 0.3) is 0 Å². The van der Waals surface area contributed by atoms with Gasteiger partial charge in [-0.05, 0) is 30.5 Å². The Morgan fingerprint density at radius 2 is 2.05 bits per heavy atom. The van der Waals surface area contributed by atoms with E-state index >= 15 is 0 Å². The van der Waals surface area contributed by atoms with Gasteiger partial charge in [0.1, 0.15) is 0 Å². The molecule has 0 aromatic heterocycles. The van der Waals surface area contributed by atoms with Crippen LogP contribution in [0.2, 0.25) is 5.02 Å². The smallest absolute Gasteiger partial charge is 0.0762 e. The van der Waals surface area contributed by atoms with Gasteiger partial charge in [-0.2, -0.15) is 5.26 Å². The topological polar surface area (TPSA) is 47.3 Å². The number of anilines is 1. The first kappa shape index (κ1) is 15.8. The zero-order valence-electron chi connectivity index (χ0n) is 11.7. The number of hydrogen-bond acceptors (Lipinski definition) is 3. The molecule has 0 spiro atoms. The van der Waals surface area contributed by atoms with Crippen LogP contribution in [0.4, 0.5) is 5.69 Å². The second-order valence-corrected chi connectivity index (χ2v) is 5.54. The number of benzene rings is 1. The molecule has 104 valence electrons. The van der Waals surface area contributed by atoms with Crippen molar-refractivity contribution in [2.24, 2.45) is 5.92 Å². The predicted molar refractivity (Wildman–Crippen MR) is 79.4 cm³/mol. The molecule has 1 unspecified atom stereocenters. The van der Waals surface area contributed by atoms with Crippen molar-refractivity contribution >= 4 is 17.3 Å². The number of rotatable bonds is 6. The highest BCUT2D eigenvalue weighted by molar-refractivity contribution is 6.33. The van der Waals surface area contributed by atoms with E-state index in [1.807, 2.05) is 12.1 Å². The van der Waals surface area contributed by atoms with Crippen LogP contribution >= 0.6 is 11.6 Å². The summed E-state index contributed by atoms with van der Waals surface area (Å²) in [7, 11) is 0. The Balaban J connectivity index is 2.98. The summed E-state index contributed by atoms with van der Waals surface area (Å²) in [6.07, 6.45) is -0.0505. The summed E-state index contributed by atoms with van der Waals surface area (Å²) in [6, 6.07) is 7.76. The molecule has 0 aliphatic rings. The number of halogens is 1. The Hall–Kier alpha value is -1.24. The lowest BCUT2D eigenvalue weighted by Crippen LogP contribution is -2.28. The van der Waals surface area contributed by atoms with Crippen molar-refractivity contribution in [1.29, 1.82) is 5.26 Å². The van der Waals surface area contributed by atoms with E-state index in [1.165, 1.54) is 0 Å². The van der Waals surface area contributed by atoms with E-state index in [9.17, 15) is 5.11 Å². The van der Waals surface area contributed by atoms with Gasteiger partial charge in [-0.3, -0.25) is 0 Å². The lowest BCUT2D eigenvalue weighted by atomic mass is 10.1. The van der Waals surface area contributed by atoms with Gasteiger partial charge in [-0.25, -0.2) is 0 Å². The molecule has 0 radical (unpaired) electrons. The van der Waals surface area contributed by atoms with Crippen LogP contribution in [0, 0.1) is 17.2 Å². The Morgan fingerprint density at radius 1 is 1.37 bits per heavy atom. The molecule has 0 saturated carbocycles. The van der Waals surface area contributed by atoms with Gasteiger partial charge < -0.3 is 10.0 Å². The fraction of sp³-hybridized carbons (Fsp3) is 0.533. The summed E-state index contributed by atoms with van der Waals surface area (Å²) in [5.41, 5.74) is 1.73. The van der Waals surface area contributed by atoms with Gasteiger partial charge in [0.05, 0.1) is 29.3 Å². The lowest BCUT2D eigenvalue weighted by molar-refractivity contribution is 0.199. The molecule has 0 saturated heterocycles. The molecule has 1 N–H and O–H groups in total. The zero-order valence-corrected chi connectivity index (χ0v) is 12.5. The molecule has 19 heavy (non-hydrogen) atoms. The third kappa shape index (κ3) is 4.74. The van der Waals surface area contributed by atoms with Gasteiger partial charge >= 0.3 is 0 Å². The second-order valence-electron chi connectivity index (χ2n) is 5.13. The molecule has 4 heteroatoms. The lowest BCUT2D eigenvalue weighted by Gasteiger charge is -2.27. The average Bonchev–Trinajstić information content (AvgIpc) is 2.34. The van der Waals surface area contributed by atoms with Crippen molar-refractivity contribution in [2.45, 2.75) is 33.3 Å². The first-order valence-corrected chi connectivity index (χ1v) is 6.93. The molecule has 0 aliphatic heterocycles. The van der Waals surface area contributed by atoms with Crippen molar-refractivity contribution in [3.8, 4) is 6.07 Å². The average molecular weight is 281 g/mol. The van der Waals surface area contributed by atoms with Crippen LogP contribution in [-0.4, -0.2) is 18.2 Å². The fourth-order valence-corrected chi connectivity index (χ4v) is 2.28. The first-order valence-electron chi connectivity index (χ1n) is 6.55. The Bertz CT molecular complexity index is 452. The van der Waals surface area contributed by atoms with Gasteiger partial charge in [0.2, 0.25) is 0 Å². The molecular weight excluding hydrogens is 260 g/mol. The van der Waals surface area contributed by atoms with E-state index in [4.69, 9.17) is 16.9 Å². The van der Waals surface area contributed by atoms with E-state index in [-0.39, 0.29) is 0 Å². The number of nitrogens with zero attached hydrogens (tertiary/aromatic N) is 2. The monoisotopic (exact) mass is 280 g/mol. The Labute approximate surface area is 120 Å². The number of aliphatic hydroxyl groups excluding tert-OH is 1. The molecule has 0 amide bonds. The van der Waals surface area contributed by atoms with E-state index in [2.05, 4.69) is 24.8 Å². The highest BCUT2D eigenvalue weighted by atomic mass is 35.5. The predicted octanol–water partition coefficient (Wildman–Crippen LogP) is 3.77. The van der Waals surface area contributed by atoms with E-state index in [0.29, 0.717) is 23.9 Å². The minimum Gasteiger partial charge on any atom is -0.389 e. The largest absolute Gasteiger partial charge is 0.389 e. The molecule has 1 rings (SSSR count). The van der Waals surface area contributed by atoms with Crippen LogP contribution in [0.25, 0.3) is 0 Å². The molecule has 3 nitrogen and oxygen atoms in total. The normalized spacial score (nSPS) is 12.3. The van der Waals surface area contributed by atoms with Gasteiger partial charge in [0, 0.05) is 13.1 Å². The van der Waals surface area contributed by atoms with Crippen LogP contribution < -0.4 is 4.90 Å². The highest BCUT2D eigenvalue weighted by Gasteiger charge is 2.13. The third-order valence-electron chi connectivity index (χ3n) is 2.87. The maximum atomic E-state index is 9.55. The number of hydrogen-bond donors (Lipinski definition) is 1. The van der Waals surface area contributed by atoms with Crippen LogP contribution in [0.5, 0.6) is 0 Å². The van der Waals surface area contributed by atoms with Crippen LogP contribution in [0.3, 0.4) is 0 Å². The second kappa shape index (κ2) is 7.37. The van der Waals surface area contributed by atoms with Crippen LogP contribution in [-0.2, 0) is 0 Å². The minimum atomic E-state index is -0.524. The number of nitriles is 1. The standard InChI is InChI=1S/C15H21ClN2O/c1-11(2)10-18(8-4-7-17)15-6-5-13(12(3)19)9-14(15)16/h5-6,9,11-12,19H,4,8,10H2,1-3H3. The number of aliphatic hydroxyl groups is 1. The van der Waals surface area contributed by atoms with E-state index in [1.54, 1.807) is 13.0 Å². The SMILES string of the molecule is CC(C)CN(CCC#N)c1ccc(C(C)O)cc1Cl. The summed E-state index contributed by atoms with van der Waals surface area (Å²) >= 11 is 6.29. The van der Waals surface area contributed by atoms with Crippen molar-refractivity contribution in [3.05, 3.63) is 28.8 Å². The summed E-state index contributed by atoms with van der Waals surface area (Å²) < 4.78 is 0. The highest BCUT2D eigenvalue weighted by Crippen LogP contribution is 2.29. The zero-order chi connectivity index (χ0) is 14.4. The molecule has 1 aromatic carbocycles. The van der Waals surface area contributed by atoms with Crippen molar-refractivity contribution in [3.63, 3.8) is 0 Å². The molecule has 1 aromatic rings. The minimum absolute atomic E-state index is 0.473. The first-order chi connectivity index (χ1) is 8.95. The Morgan fingerprint density at radius 3 is 2.53 bits per heavy atom. The maximum absolute atomic E-state index is 9.55. The van der Waals surface area contributed by atoms with Gasteiger partial charge in [-0.15, -0.1) is 0 Å². The third-order valence-corrected chi connectivity index (χ3v) is 3.18. The fourth-order valence-electron chi connectivity index (χ4n) is 1.98. The van der Waals surface area contributed by atoms with Crippen LogP contribution in [0.1, 0.15) is 38.9 Å². The van der Waals surface area contributed by atoms with Crippen molar-refractivity contribution < 1.29 is 5.11 Å². The van der Waals surface area contributed by atoms with E-state index in [0.717, 1.165) is 17.8 Å². The summed E-state index contributed by atoms with van der Waals surface area (Å²) in [4.78, 5) is 2.13. The van der Waals surface area contributed by atoms with Gasteiger partial charge in [-0.1, -0.05) is 31.5 Å². The molecule has 0 aliphatic carbocycles. The van der Waals surface area contributed by atoms with Crippen molar-refractivity contribution in [1.82, 2.24) is 0 Å². The molecule has 0 bridgehead atoms. The Kier molecular flexibility index (Phi) is 6.14. The molecule has 1 atom stereocenters. The molecular formula is C15H21ClN2O. The summed E-state index contributed by atoms with van der Waals surface area (Å²) in [5.74, 6) is 0.492. The van der Waals surface area contributed by atoms with Crippen LogP contribution in [0.15, 0.2) is 18.2 Å². The van der Waals surface area contributed by atoms with Crippen molar-refractivity contribution in [2.75, 3.05) is 18.0 Å². The summed E-state index contributed by atoms with van der Waals surface area (Å²) in [6.45, 7) is 7.51. The maximum Gasteiger partial charge on any atom is 0.0762 e. The molecule has 0 fully saturated rings. The molecule has 0 heterocycles. The van der Waals surface area contributed by atoms with Gasteiger partial charge in [0.15, 0.2) is 0 Å². The summed E-state index contributed by atoms with van der Waals surface area (Å²) in [5, 5.41) is 18.9. The quantitative estimate of drug-likeness (QED) is 0.863.